The molecule has 0 saturated carbocycles. The van der Waals surface area contributed by atoms with Crippen LogP contribution in [0.15, 0.2) is 0 Å². The highest BCUT2D eigenvalue weighted by atomic mass is 35.5. The zero-order valence-electron chi connectivity index (χ0n) is 4.91. The van der Waals surface area contributed by atoms with E-state index in [0.29, 0.717) is 13.0 Å². The first-order valence-corrected chi connectivity index (χ1v) is 2.60. The van der Waals surface area contributed by atoms with Gasteiger partial charge in [-0.25, -0.2) is 4.39 Å². The molecule has 8 heavy (non-hydrogen) atoms. The Kier molecular flexibility index (Phi) is 2.71. The van der Waals surface area contributed by atoms with Crippen LogP contribution in [0.1, 0.15) is 13.3 Å². The molecule has 0 aromatic heterocycles. The van der Waals surface area contributed by atoms with Crippen molar-refractivity contribution in [2.24, 2.45) is 0 Å². The second-order valence-corrected chi connectivity index (χ2v) is 2.34. The van der Waals surface area contributed by atoms with Crippen molar-refractivity contribution in [3.63, 3.8) is 0 Å². The predicted octanol–water partition coefficient (Wildman–Crippen LogP) is 1.13. The SMILES string of the molecule is C[C@]1(F)CCNC1.Cl. The summed E-state index contributed by atoms with van der Waals surface area (Å²) >= 11 is 0. The molecule has 0 aliphatic carbocycles. The van der Waals surface area contributed by atoms with Crippen LogP contribution in [-0.2, 0) is 0 Å². The average Bonchev–Trinajstić information content (AvgIpc) is 1.84. The van der Waals surface area contributed by atoms with Gasteiger partial charge >= 0.3 is 0 Å². The maximum absolute atomic E-state index is 12.5. The highest BCUT2D eigenvalue weighted by Crippen LogP contribution is 2.16. The zero-order chi connectivity index (χ0) is 5.33. The molecular weight excluding hydrogens is 129 g/mol. The summed E-state index contributed by atoms with van der Waals surface area (Å²) in [4.78, 5) is 0. The van der Waals surface area contributed by atoms with Crippen molar-refractivity contribution in [2.45, 2.75) is 19.0 Å². The molecule has 1 aliphatic rings. The van der Waals surface area contributed by atoms with Gasteiger partial charge in [-0.1, -0.05) is 0 Å². The lowest BCUT2D eigenvalue weighted by Gasteiger charge is -2.07. The predicted molar refractivity (Wildman–Crippen MR) is 34.2 cm³/mol. The molecular formula is C5H11ClFN. The number of hydrogen-bond donors (Lipinski definition) is 1. The van der Waals surface area contributed by atoms with E-state index in [-0.39, 0.29) is 12.4 Å². The van der Waals surface area contributed by atoms with E-state index in [1.165, 1.54) is 0 Å². The Bertz CT molecular complexity index is 66.8. The molecule has 0 aromatic rings. The van der Waals surface area contributed by atoms with Crippen LogP contribution in [0.3, 0.4) is 0 Å². The van der Waals surface area contributed by atoms with Gasteiger partial charge in [-0.05, 0) is 19.9 Å². The lowest BCUT2D eigenvalue weighted by molar-refractivity contribution is 0.218. The molecule has 50 valence electrons. The maximum atomic E-state index is 12.5. The monoisotopic (exact) mass is 139 g/mol. The van der Waals surface area contributed by atoms with Crippen LogP contribution in [-0.4, -0.2) is 18.8 Å². The number of hydrogen-bond acceptors (Lipinski definition) is 1. The molecule has 1 fully saturated rings. The van der Waals surface area contributed by atoms with Gasteiger partial charge in [-0.15, -0.1) is 12.4 Å². The minimum Gasteiger partial charge on any atom is -0.313 e. The van der Waals surface area contributed by atoms with E-state index in [1.807, 2.05) is 0 Å². The summed E-state index contributed by atoms with van der Waals surface area (Å²) in [5.41, 5.74) is -0.917. The van der Waals surface area contributed by atoms with E-state index >= 15 is 0 Å². The van der Waals surface area contributed by atoms with Gasteiger partial charge in [0.2, 0.25) is 0 Å². The Morgan fingerprint density at radius 3 is 2.38 bits per heavy atom. The van der Waals surface area contributed by atoms with E-state index < -0.39 is 5.67 Å². The molecule has 0 bridgehead atoms. The van der Waals surface area contributed by atoms with Crippen molar-refractivity contribution >= 4 is 12.4 Å². The highest BCUT2D eigenvalue weighted by molar-refractivity contribution is 5.85. The van der Waals surface area contributed by atoms with Crippen LogP contribution in [0.5, 0.6) is 0 Å². The van der Waals surface area contributed by atoms with Crippen LogP contribution in [0.2, 0.25) is 0 Å². The molecule has 1 heterocycles. The second kappa shape index (κ2) is 2.65. The largest absolute Gasteiger partial charge is 0.313 e. The Labute approximate surface area is 55.1 Å². The number of nitrogens with one attached hydrogen (secondary N) is 1. The van der Waals surface area contributed by atoms with Crippen LogP contribution < -0.4 is 5.32 Å². The van der Waals surface area contributed by atoms with Crippen LogP contribution >= 0.6 is 12.4 Å². The minimum absolute atomic E-state index is 0. The molecule has 1 aliphatic heterocycles. The Morgan fingerprint density at radius 1 is 1.62 bits per heavy atom. The average molecular weight is 140 g/mol. The lowest BCUT2D eigenvalue weighted by Crippen LogP contribution is -2.20. The van der Waals surface area contributed by atoms with Crippen LogP contribution in [0.25, 0.3) is 0 Å². The number of halogens is 2. The summed E-state index contributed by atoms with van der Waals surface area (Å²) in [5.74, 6) is 0. The smallest absolute Gasteiger partial charge is 0.121 e. The normalized spacial score (nSPS) is 36.8. The first-order valence-electron chi connectivity index (χ1n) is 2.60. The Balaban J connectivity index is 0.000000490. The third kappa shape index (κ3) is 1.97. The van der Waals surface area contributed by atoms with Crippen molar-refractivity contribution < 1.29 is 4.39 Å². The van der Waals surface area contributed by atoms with Gasteiger partial charge in [0, 0.05) is 6.54 Å². The van der Waals surface area contributed by atoms with Crippen molar-refractivity contribution in [1.29, 1.82) is 0 Å². The maximum Gasteiger partial charge on any atom is 0.121 e. The van der Waals surface area contributed by atoms with E-state index in [1.54, 1.807) is 6.92 Å². The molecule has 1 saturated heterocycles. The summed E-state index contributed by atoms with van der Waals surface area (Å²) in [5, 5.41) is 2.94. The van der Waals surface area contributed by atoms with Gasteiger partial charge in [0.1, 0.15) is 5.67 Å². The third-order valence-electron chi connectivity index (χ3n) is 1.32. The Morgan fingerprint density at radius 2 is 2.25 bits per heavy atom. The quantitative estimate of drug-likeness (QED) is 0.531. The van der Waals surface area contributed by atoms with Crippen LogP contribution in [0, 0.1) is 0 Å². The molecule has 0 unspecified atom stereocenters. The third-order valence-corrected chi connectivity index (χ3v) is 1.32. The molecule has 1 rings (SSSR count). The molecule has 1 atom stereocenters. The van der Waals surface area contributed by atoms with Gasteiger partial charge in [0.25, 0.3) is 0 Å². The van der Waals surface area contributed by atoms with Gasteiger partial charge in [-0.3, -0.25) is 0 Å². The van der Waals surface area contributed by atoms with Crippen molar-refractivity contribution in [3.05, 3.63) is 0 Å². The molecule has 1 N–H and O–H groups in total. The molecule has 0 amide bonds. The van der Waals surface area contributed by atoms with Gasteiger partial charge in [0.05, 0.1) is 0 Å². The molecule has 1 nitrogen and oxygen atoms in total. The van der Waals surface area contributed by atoms with E-state index in [0.717, 1.165) is 6.54 Å². The summed E-state index contributed by atoms with van der Waals surface area (Å²) in [6.07, 6.45) is 0.674. The Hall–Kier alpha value is 0.180. The highest BCUT2D eigenvalue weighted by Gasteiger charge is 2.26. The molecule has 3 heteroatoms. The number of rotatable bonds is 0. The molecule has 0 aromatic carbocycles. The van der Waals surface area contributed by atoms with Crippen LogP contribution in [0.4, 0.5) is 4.39 Å². The van der Waals surface area contributed by atoms with Gasteiger partial charge < -0.3 is 5.32 Å². The second-order valence-electron chi connectivity index (χ2n) is 2.34. The topological polar surface area (TPSA) is 12.0 Å². The summed E-state index contributed by atoms with van der Waals surface area (Å²) in [6, 6.07) is 0. The minimum atomic E-state index is -0.917. The first-order chi connectivity index (χ1) is 3.21. The molecule has 0 spiro atoms. The van der Waals surface area contributed by atoms with Crippen molar-refractivity contribution in [1.82, 2.24) is 5.32 Å². The first kappa shape index (κ1) is 8.18. The van der Waals surface area contributed by atoms with E-state index in [2.05, 4.69) is 5.32 Å². The summed E-state index contributed by atoms with van der Waals surface area (Å²) in [6.45, 7) is 3.01. The summed E-state index contributed by atoms with van der Waals surface area (Å²) in [7, 11) is 0. The fraction of sp³-hybridized carbons (Fsp3) is 1.00. The van der Waals surface area contributed by atoms with Crippen molar-refractivity contribution in [2.75, 3.05) is 13.1 Å². The van der Waals surface area contributed by atoms with Gasteiger partial charge in [-0.2, -0.15) is 0 Å². The number of alkyl halides is 1. The standard InChI is InChI=1S/C5H10FN.ClH/c1-5(6)2-3-7-4-5;/h7H,2-4H2,1H3;1H/t5-;/m0./s1. The fourth-order valence-electron chi connectivity index (χ4n) is 0.786. The summed E-state index contributed by atoms with van der Waals surface area (Å²) < 4.78 is 12.5. The van der Waals surface area contributed by atoms with E-state index in [4.69, 9.17) is 0 Å². The molecule has 0 radical (unpaired) electrons. The lowest BCUT2D eigenvalue weighted by atomic mass is 10.1. The van der Waals surface area contributed by atoms with Crippen molar-refractivity contribution in [3.8, 4) is 0 Å². The zero-order valence-corrected chi connectivity index (χ0v) is 5.72. The fourth-order valence-corrected chi connectivity index (χ4v) is 0.786. The van der Waals surface area contributed by atoms with Gasteiger partial charge in [0.15, 0.2) is 0 Å². The van der Waals surface area contributed by atoms with E-state index in [9.17, 15) is 4.39 Å².